The second kappa shape index (κ2) is 5.13. The highest BCUT2D eigenvalue weighted by Gasteiger charge is 2.26. The normalized spacial score (nSPS) is 16.1. The van der Waals surface area contributed by atoms with Gasteiger partial charge in [-0.2, -0.15) is 0 Å². The molecule has 1 saturated carbocycles. The number of pyridine rings is 1. The number of hydrogen-bond acceptors (Lipinski definition) is 3. The summed E-state index contributed by atoms with van der Waals surface area (Å²) in [5.41, 5.74) is 4.10. The molecule has 1 aliphatic heterocycles. The Morgan fingerprint density at radius 2 is 1.96 bits per heavy atom. The third kappa shape index (κ3) is 2.18. The van der Waals surface area contributed by atoms with Crippen LogP contribution >= 0.6 is 0 Å². The summed E-state index contributed by atoms with van der Waals surface area (Å²) in [6.07, 6.45) is 4.18. The van der Waals surface area contributed by atoms with Gasteiger partial charge in [-0.1, -0.05) is 18.2 Å². The van der Waals surface area contributed by atoms with E-state index in [0.717, 1.165) is 28.2 Å². The van der Waals surface area contributed by atoms with E-state index in [1.165, 1.54) is 18.4 Å². The van der Waals surface area contributed by atoms with E-state index in [9.17, 15) is 4.39 Å². The minimum atomic E-state index is -0.176. The highest BCUT2D eigenvalue weighted by Crippen LogP contribution is 2.43. The second-order valence-electron chi connectivity index (χ2n) is 6.47. The van der Waals surface area contributed by atoms with E-state index in [1.54, 1.807) is 12.3 Å². The van der Waals surface area contributed by atoms with Crippen LogP contribution in [0.3, 0.4) is 0 Å². The molecule has 0 spiro atoms. The van der Waals surface area contributed by atoms with Gasteiger partial charge in [-0.3, -0.25) is 9.98 Å². The number of nitrogens with zero attached hydrogens (tertiary/aromatic N) is 2. The van der Waals surface area contributed by atoms with Crippen LogP contribution in [0.2, 0.25) is 0 Å². The zero-order valence-corrected chi connectivity index (χ0v) is 13.1. The average molecular weight is 317 g/mol. The van der Waals surface area contributed by atoms with Crippen molar-refractivity contribution in [3.8, 4) is 0 Å². The molecule has 1 aliphatic carbocycles. The molecule has 0 radical (unpaired) electrons. The van der Waals surface area contributed by atoms with Crippen LogP contribution in [-0.4, -0.2) is 10.8 Å². The Hall–Kier alpha value is -2.75. The van der Waals surface area contributed by atoms with E-state index in [4.69, 9.17) is 0 Å². The molecule has 24 heavy (non-hydrogen) atoms. The van der Waals surface area contributed by atoms with Gasteiger partial charge in [0.25, 0.3) is 0 Å². The number of aliphatic imine (C=N–C) groups is 1. The maximum absolute atomic E-state index is 14.3. The zero-order chi connectivity index (χ0) is 16.1. The number of hydrogen-bond donors (Lipinski definition) is 1. The van der Waals surface area contributed by atoms with E-state index in [2.05, 4.69) is 15.3 Å². The summed E-state index contributed by atoms with van der Waals surface area (Å²) in [4.78, 5) is 8.90. The topological polar surface area (TPSA) is 37.3 Å². The van der Waals surface area contributed by atoms with Gasteiger partial charge < -0.3 is 5.32 Å². The Morgan fingerprint density at radius 3 is 2.83 bits per heavy atom. The monoisotopic (exact) mass is 317 g/mol. The van der Waals surface area contributed by atoms with Gasteiger partial charge in [-0.05, 0) is 54.0 Å². The highest BCUT2D eigenvalue weighted by atomic mass is 19.1. The first kappa shape index (κ1) is 13.7. The van der Waals surface area contributed by atoms with Crippen molar-refractivity contribution in [3.63, 3.8) is 0 Å². The lowest BCUT2D eigenvalue weighted by Gasteiger charge is -2.11. The fraction of sp³-hybridized carbons (Fsp3) is 0.200. The third-order valence-corrected chi connectivity index (χ3v) is 4.80. The van der Waals surface area contributed by atoms with Crippen molar-refractivity contribution in [2.24, 2.45) is 4.99 Å². The number of halogens is 1. The van der Waals surface area contributed by atoms with Crippen molar-refractivity contribution < 1.29 is 4.39 Å². The predicted molar refractivity (Wildman–Crippen MR) is 94.0 cm³/mol. The van der Waals surface area contributed by atoms with Gasteiger partial charge >= 0.3 is 0 Å². The number of benzene rings is 2. The number of aromatic nitrogens is 1. The molecule has 0 bridgehead atoms. The predicted octanol–water partition coefficient (Wildman–Crippen LogP) is 4.62. The van der Waals surface area contributed by atoms with Crippen molar-refractivity contribution in [1.29, 1.82) is 0 Å². The summed E-state index contributed by atoms with van der Waals surface area (Å²) >= 11 is 0. The molecule has 0 saturated heterocycles. The molecular formula is C20H16FN3. The first-order chi connectivity index (χ1) is 11.8. The molecule has 0 atom stereocenters. The Balaban J connectivity index is 1.54. The number of fused-ring (bicyclic) bond motifs is 2. The summed E-state index contributed by atoms with van der Waals surface area (Å²) in [6, 6.07) is 13.4. The molecule has 2 aromatic carbocycles. The maximum atomic E-state index is 14.3. The van der Waals surface area contributed by atoms with Crippen LogP contribution in [0.15, 0.2) is 53.7 Å². The number of amidine groups is 1. The van der Waals surface area contributed by atoms with Crippen molar-refractivity contribution >= 4 is 22.3 Å². The third-order valence-electron chi connectivity index (χ3n) is 4.80. The number of anilines is 1. The average Bonchev–Trinajstić information content (AvgIpc) is 3.38. The van der Waals surface area contributed by atoms with Crippen LogP contribution in [0.5, 0.6) is 0 Å². The van der Waals surface area contributed by atoms with Gasteiger partial charge in [0.1, 0.15) is 11.5 Å². The first-order valence-electron chi connectivity index (χ1n) is 8.27. The molecule has 3 nitrogen and oxygen atoms in total. The Morgan fingerprint density at radius 1 is 1.04 bits per heavy atom. The van der Waals surface area contributed by atoms with Crippen LogP contribution in [0, 0.1) is 5.82 Å². The lowest BCUT2D eigenvalue weighted by atomic mass is 10.00. The van der Waals surface area contributed by atoms with E-state index in [1.807, 2.05) is 36.4 Å². The summed E-state index contributed by atoms with van der Waals surface area (Å²) in [5, 5.41) is 5.00. The van der Waals surface area contributed by atoms with Crippen molar-refractivity contribution in [2.75, 3.05) is 5.32 Å². The number of rotatable bonds is 2. The molecule has 1 aromatic heterocycles. The van der Waals surface area contributed by atoms with Crippen LogP contribution in [0.4, 0.5) is 10.1 Å². The van der Waals surface area contributed by atoms with E-state index >= 15 is 0 Å². The van der Waals surface area contributed by atoms with Crippen LogP contribution in [0.25, 0.3) is 10.8 Å². The minimum absolute atomic E-state index is 0.176. The molecule has 1 fully saturated rings. The molecule has 4 heteroatoms. The van der Waals surface area contributed by atoms with Gasteiger partial charge in [-0.15, -0.1) is 0 Å². The molecule has 118 valence electrons. The van der Waals surface area contributed by atoms with E-state index in [0.29, 0.717) is 17.8 Å². The van der Waals surface area contributed by atoms with Crippen molar-refractivity contribution in [2.45, 2.75) is 25.3 Å². The van der Waals surface area contributed by atoms with Gasteiger partial charge in [0.05, 0.1) is 6.54 Å². The Bertz CT molecular complexity index is 989. The molecule has 5 rings (SSSR count). The SMILES string of the molecule is Fc1ccc(C2CC2)c2ccc(NC3=NCc4cccnc43)cc12. The van der Waals surface area contributed by atoms with Crippen LogP contribution in [-0.2, 0) is 6.54 Å². The van der Waals surface area contributed by atoms with Gasteiger partial charge in [0.2, 0.25) is 0 Å². The Kier molecular flexibility index (Phi) is 2.92. The number of nitrogens with one attached hydrogen (secondary N) is 1. The van der Waals surface area contributed by atoms with E-state index in [-0.39, 0.29) is 5.82 Å². The zero-order valence-electron chi connectivity index (χ0n) is 13.1. The summed E-state index contributed by atoms with van der Waals surface area (Å²) in [7, 11) is 0. The van der Waals surface area contributed by atoms with Gasteiger partial charge in [0.15, 0.2) is 5.84 Å². The van der Waals surface area contributed by atoms with E-state index < -0.39 is 0 Å². The highest BCUT2D eigenvalue weighted by molar-refractivity contribution is 6.10. The minimum Gasteiger partial charge on any atom is -0.339 e. The first-order valence-corrected chi connectivity index (χ1v) is 8.27. The fourth-order valence-corrected chi connectivity index (χ4v) is 3.42. The standard InChI is InChI=1S/C20H16FN3/c21-18-8-7-15(12-3-4-12)16-6-5-14(10-17(16)18)24-20-19-13(11-23-20)2-1-9-22-19/h1-2,5-10,12H,3-4,11H2,(H,23,24). The largest absolute Gasteiger partial charge is 0.339 e. The second-order valence-corrected chi connectivity index (χ2v) is 6.47. The summed E-state index contributed by atoms with van der Waals surface area (Å²) in [6.45, 7) is 0.638. The fourth-order valence-electron chi connectivity index (χ4n) is 3.42. The molecule has 2 heterocycles. The van der Waals surface area contributed by atoms with Gasteiger partial charge in [0, 0.05) is 22.8 Å². The molecule has 0 unspecified atom stereocenters. The van der Waals surface area contributed by atoms with Crippen LogP contribution < -0.4 is 5.32 Å². The van der Waals surface area contributed by atoms with Crippen molar-refractivity contribution in [3.05, 3.63) is 71.3 Å². The van der Waals surface area contributed by atoms with Gasteiger partial charge in [-0.25, -0.2) is 4.39 Å². The van der Waals surface area contributed by atoms with Crippen LogP contribution in [0.1, 0.15) is 35.6 Å². The summed E-state index contributed by atoms with van der Waals surface area (Å²) in [5.74, 6) is 1.18. The Labute approximate surface area is 139 Å². The van der Waals surface area contributed by atoms with Crippen molar-refractivity contribution in [1.82, 2.24) is 4.98 Å². The lowest BCUT2D eigenvalue weighted by Crippen LogP contribution is -2.13. The maximum Gasteiger partial charge on any atom is 0.152 e. The molecule has 0 amide bonds. The smallest absolute Gasteiger partial charge is 0.152 e. The molecule has 1 N–H and O–H groups in total. The summed E-state index contributed by atoms with van der Waals surface area (Å²) < 4.78 is 14.3. The molecular weight excluding hydrogens is 301 g/mol. The molecule has 2 aliphatic rings. The lowest BCUT2D eigenvalue weighted by molar-refractivity contribution is 0.639. The quantitative estimate of drug-likeness (QED) is 0.748. The molecule has 3 aromatic rings.